The van der Waals surface area contributed by atoms with Gasteiger partial charge >= 0.3 is 0 Å². The highest BCUT2D eigenvalue weighted by molar-refractivity contribution is 9.10. The maximum Gasteiger partial charge on any atom is 0.247 e. The van der Waals surface area contributed by atoms with E-state index in [1.54, 1.807) is 24.2 Å². The zero-order valence-corrected chi connectivity index (χ0v) is 16.4. The number of rotatable bonds is 4. The molecule has 0 aliphatic carbocycles. The Bertz CT molecular complexity index is 925. The molecule has 0 fully saturated rings. The van der Waals surface area contributed by atoms with Gasteiger partial charge in [-0.05, 0) is 30.7 Å². The number of benzene rings is 1. The summed E-state index contributed by atoms with van der Waals surface area (Å²) in [6.07, 6.45) is 4.15. The SMILES string of the molecule is CCCSc1nnc2c(n1)O[C@@H](c1cccnc1)Nc1ccc(Br)cc1-2. The molecule has 6 nitrogen and oxygen atoms in total. The zero-order chi connectivity index (χ0) is 17.9. The van der Waals surface area contributed by atoms with E-state index in [0.717, 1.165) is 33.5 Å². The van der Waals surface area contributed by atoms with Crippen LogP contribution < -0.4 is 10.1 Å². The van der Waals surface area contributed by atoms with Crippen molar-refractivity contribution in [2.45, 2.75) is 24.7 Å². The van der Waals surface area contributed by atoms with Crippen molar-refractivity contribution in [3.05, 3.63) is 52.8 Å². The van der Waals surface area contributed by atoms with E-state index in [2.05, 4.69) is 48.3 Å². The molecule has 0 amide bonds. The molecule has 8 heteroatoms. The molecule has 4 rings (SSSR count). The van der Waals surface area contributed by atoms with Gasteiger partial charge in [0.2, 0.25) is 11.0 Å². The highest BCUT2D eigenvalue weighted by Gasteiger charge is 2.26. The first-order valence-electron chi connectivity index (χ1n) is 8.25. The van der Waals surface area contributed by atoms with E-state index in [-0.39, 0.29) is 0 Å². The minimum absolute atomic E-state index is 0.411. The molecule has 0 unspecified atom stereocenters. The maximum absolute atomic E-state index is 6.19. The predicted molar refractivity (Wildman–Crippen MR) is 105 cm³/mol. The number of ether oxygens (including phenoxy) is 1. The van der Waals surface area contributed by atoms with Crippen LogP contribution in [0.15, 0.2) is 52.4 Å². The maximum atomic E-state index is 6.19. The molecule has 26 heavy (non-hydrogen) atoms. The van der Waals surface area contributed by atoms with E-state index in [9.17, 15) is 0 Å². The number of pyridine rings is 1. The number of anilines is 1. The van der Waals surface area contributed by atoms with Gasteiger partial charge in [0.1, 0.15) is 0 Å². The second-order valence-electron chi connectivity index (χ2n) is 5.72. The lowest BCUT2D eigenvalue weighted by molar-refractivity contribution is 0.225. The molecule has 0 saturated heterocycles. The fraction of sp³-hybridized carbons (Fsp3) is 0.222. The van der Waals surface area contributed by atoms with E-state index in [0.29, 0.717) is 16.7 Å². The lowest BCUT2D eigenvalue weighted by Gasteiger charge is -2.18. The van der Waals surface area contributed by atoms with Gasteiger partial charge in [-0.25, -0.2) is 0 Å². The van der Waals surface area contributed by atoms with E-state index >= 15 is 0 Å². The normalized spacial score (nSPS) is 15.2. The Labute approximate surface area is 164 Å². The molecule has 1 aliphatic heterocycles. The molecular weight excluding hydrogens is 414 g/mol. The van der Waals surface area contributed by atoms with Gasteiger partial charge in [0, 0.05) is 39.4 Å². The zero-order valence-electron chi connectivity index (χ0n) is 14.0. The Balaban J connectivity index is 1.81. The quantitative estimate of drug-likeness (QED) is 0.602. The number of halogens is 1. The van der Waals surface area contributed by atoms with Crippen LogP contribution >= 0.6 is 27.7 Å². The van der Waals surface area contributed by atoms with Gasteiger partial charge in [-0.15, -0.1) is 10.2 Å². The number of fused-ring (bicyclic) bond motifs is 3. The molecule has 3 aromatic rings. The first kappa shape index (κ1) is 17.2. The smallest absolute Gasteiger partial charge is 0.247 e. The van der Waals surface area contributed by atoms with E-state index < -0.39 is 6.23 Å². The minimum atomic E-state index is -0.411. The van der Waals surface area contributed by atoms with Gasteiger partial charge in [0.15, 0.2) is 11.9 Å². The van der Waals surface area contributed by atoms with Crippen LogP contribution in [-0.4, -0.2) is 25.9 Å². The number of hydrogen-bond donors (Lipinski definition) is 1. The van der Waals surface area contributed by atoms with Crippen LogP contribution in [0.3, 0.4) is 0 Å². The number of thioether (sulfide) groups is 1. The van der Waals surface area contributed by atoms with Crippen LogP contribution in [0, 0.1) is 0 Å². The molecule has 1 N–H and O–H groups in total. The molecule has 0 bridgehead atoms. The summed E-state index contributed by atoms with van der Waals surface area (Å²) >= 11 is 5.10. The van der Waals surface area contributed by atoms with Crippen molar-refractivity contribution < 1.29 is 4.74 Å². The van der Waals surface area contributed by atoms with Crippen molar-refractivity contribution in [2.24, 2.45) is 0 Å². The first-order valence-corrected chi connectivity index (χ1v) is 10.0. The summed E-state index contributed by atoms with van der Waals surface area (Å²) in [7, 11) is 0. The Kier molecular flexibility index (Phi) is 5.03. The minimum Gasteiger partial charge on any atom is -0.448 e. The summed E-state index contributed by atoms with van der Waals surface area (Å²) < 4.78 is 7.15. The van der Waals surface area contributed by atoms with Crippen molar-refractivity contribution in [3.8, 4) is 17.1 Å². The highest BCUT2D eigenvalue weighted by Crippen LogP contribution is 2.40. The Morgan fingerprint density at radius 1 is 1.27 bits per heavy atom. The Morgan fingerprint density at radius 3 is 3.00 bits per heavy atom. The summed E-state index contributed by atoms with van der Waals surface area (Å²) in [5.41, 5.74) is 3.34. The molecule has 132 valence electrons. The average Bonchev–Trinajstić information content (AvgIpc) is 2.83. The molecular formula is C18H16BrN5OS. The van der Waals surface area contributed by atoms with Crippen molar-refractivity contribution in [1.82, 2.24) is 20.2 Å². The van der Waals surface area contributed by atoms with Crippen LogP contribution in [0.1, 0.15) is 25.1 Å². The molecule has 0 spiro atoms. The monoisotopic (exact) mass is 429 g/mol. The van der Waals surface area contributed by atoms with Crippen LogP contribution in [-0.2, 0) is 0 Å². The topological polar surface area (TPSA) is 72.8 Å². The molecule has 0 saturated carbocycles. The number of aromatic nitrogens is 4. The van der Waals surface area contributed by atoms with E-state index in [4.69, 9.17) is 4.74 Å². The fourth-order valence-electron chi connectivity index (χ4n) is 2.61. The lowest BCUT2D eigenvalue weighted by Crippen LogP contribution is -2.17. The molecule has 3 heterocycles. The first-order chi connectivity index (χ1) is 12.7. The lowest BCUT2D eigenvalue weighted by atomic mass is 10.1. The summed E-state index contributed by atoms with van der Waals surface area (Å²) in [5.74, 6) is 1.41. The van der Waals surface area contributed by atoms with Crippen molar-refractivity contribution in [1.29, 1.82) is 0 Å². The van der Waals surface area contributed by atoms with E-state index in [1.165, 1.54) is 0 Å². The van der Waals surface area contributed by atoms with Gasteiger partial charge < -0.3 is 10.1 Å². The van der Waals surface area contributed by atoms with Gasteiger partial charge in [-0.2, -0.15) is 4.98 Å². The predicted octanol–water partition coefficient (Wildman–Crippen LogP) is 4.70. The van der Waals surface area contributed by atoms with Crippen LogP contribution in [0.2, 0.25) is 0 Å². The number of nitrogens with one attached hydrogen (secondary N) is 1. The second kappa shape index (κ2) is 7.59. The third-order valence-corrected chi connectivity index (χ3v) is 5.35. The summed E-state index contributed by atoms with van der Waals surface area (Å²) in [6, 6.07) is 9.81. The van der Waals surface area contributed by atoms with Gasteiger partial charge in [0.25, 0.3) is 0 Å². The average molecular weight is 430 g/mol. The molecule has 1 aromatic carbocycles. The van der Waals surface area contributed by atoms with Crippen molar-refractivity contribution in [3.63, 3.8) is 0 Å². The Hall–Kier alpha value is -2.19. The van der Waals surface area contributed by atoms with Gasteiger partial charge in [-0.1, -0.05) is 40.7 Å². The summed E-state index contributed by atoms with van der Waals surface area (Å²) in [6.45, 7) is 2.12. The third kappa shape index (κ3) is 3.52. The fourth-order valence-corrected chi connectivity index (χ4v) is 3.60. The second-order valence-corrected chi connectivity index (χ2v) is 7.69. The molecule has 1 atom stereocenters. The number of hydrogen-bond acceptors (Lipinski definition) is 7. The van der Waals surface area contributed by atoms with Crippen molar-refractivity contribution in [2.75, 3.05) is 11.1 Å². The van der Waals surface area contributed by atoms with Gasteiger partial charge in [-0.3, -0.25) is 4.98 Å². The van der Waals surface area contributed by atoms with Crippen LogP contribution in [0.4, 0.5) is 5.69 Å². The van der Waals surface area contributed by atoms with Gasteiger partial charge in [0.05, 0.1) is 0 Å². The molecule has 2 aromatic heterocycles. The largest absolute Gasteiger partial charge is 0.448 e. The molecule has 1 aliphatic rings. The molecule has 0 radical (unpaired) electrons. The third-order valence-electron chi connectivity index (χ3n) is 3.81. The number of nitrogens with zero attached hydrogens (tertiary/aromatic N) is 4. The van der Waals surface area contributed by atoms with Crippen LogP contribution in [0.25, 0.3) is 11.3 Å². The van der Waals surface area contributed by atoms with Crippen molar-refractivity contribution >= 4 is 33.4 Å². The Morgan fingerprint density at radius 2 is 2.19 bits per heavy atom. The van der Waals surface area contributed by atoms with E-state index in [1.807, 2.05) is 30.3 Å². The summed E-state index contributed by atoms with van der Waals surface area (Å²) in [5, 5.41) is 12.7. The highest BCUT2D eigenvalue weighted by atomic mass is 79.9. The standard InChI is InChI=1S/C18H16BrN5OS/c1-2-8-26-18-22-17-15(23-24-18)13-9-12(19)5-6-14(13)21-16(25-17)11-4-3-7-20-10-11/h3-7,9-10,16,21H,2,8H2,1H3/t16-/m0/s1. The van der Waals surface area contributed by atoms with Crippen LogP contribution in [0.5, 0.6) is 5.88 Å². The summed E-state index contributed by atoms with van der Waals surface area (Å²) in [4.78, 5) is 8.80.